The largest absolute Gasteiger partial charge is 0.478 e. The maximum atomic E-state index is 11.8. The highest BCUT2D eigenvalue weighted by Crippen LogP contribution is 2.24. The lowest BCUT2D eigenvalue weighted by molar-refractivity contribution is 0.0232. The molecule has 1 unspecified atom stereocenters. The Morgan fingerprint density at radius 3 is 2.86 bits per heavy atom. The molecular weight excluding hydrogens is 296 g/mol. The second-order valence-corrected chi connectivity index (χ2v) is 5.62. The summed E-state index contributed by atoms with van der Waals surface area (Å²) >= 11 is 5.77. The van der Waals surface area contributed by atoms with Gasteiger partial charge in [0.2, 0.25) is 0 Å². The first-order chi connectivity index (χ1) is 9.89. The van der Waals surface area contributed by atoms with Gasteiger partial charge in [0.1, 0.15) is 0 Å². The number of anilines is 1. The van der Waals surface area contributed by atoms with E-state index < -0.39 is 12.0 Å². The van der Waals surface area contributed by atoms with Crippen LogP contribution in [0.25, 0.3) is 0 Å². The summed E-state index contributed by atoms with van der Waals surface area (Å²) in [5.74, 6) is -1.14. The molecule has 0 aromatic heterocycles. The maximum absolute atomic E-state index is 11.8. The molecule has 1 heterocycles. The average molecular weight is 313 g/mol. The molecule has 1 fully saturated rings. The van der Waals surface area contributed by atoms with Crippen molar-refractivity contribution in [1.29, 1.82) is 0 Å². The Balaban J connectivity index is 1.93. The van der Waals surface area contributed by atoms with E-state index in [0.717, 1.165) is 12.8 Å². The Hall–Kier alpha value is -1.79. The highest BCUT2D eigenvalue weighted by Gasteiger charge is 2.30. The van der Waals surface area contributed by atoms with Crippen molar-refractivity contribution >= 4 is 29.3 Å². The number of carbonyl (C=O) groups excluding carboxylic acids is 1. The van der Waals surface area contributed by atoms with Gasteiger partial charge in [-0.2, -0.15) is 0 Å². The lowest BCUT2D eigenvalue weighted by atomic mass is 10.0. The van der Waals surface area contributed by atoms with Crippen molar-refractivity contribution in [2.45, 2.75) is 25.4 Å². The number of hydrogen-bond acceptors (Lipinski definition) is 3. The average Bonchev–Trinajstić information content (AvgIpc) is 2.86. The molecule has 0 aliphatic carbocycles. The first-order valence-corrected chi connectivity index (χ1v) is 6.99. The molecule has 1 aliphatic rings. The van der Waals surface area contributed by atoms with Gasteiger partial charge in [0.05, 0.1) is 16.2 Å². The lowest BCUT2D eigenvalue weighted by Crippen LogP contribution is -2.41. The molecule has 7 heteroatoms. The Morgan fingerprint density at radius 2 is 2.24 bits per heavy atom. The lowest BCUT2D eigenvalue weighted by Gasteiger charge is -2.23. The number of carboxylic acid groups (broad SMARTS) is 1. The predicted molar refractivity (Wildman–Crippen MR) is 79.0 cm³/mol. The van der Waals surface area contributed by atoms with Crippen LogP contribution in [0, 0.1) is 0 Å². The summed E-state index contributed by atoms with van der Waals surface area (Å²) in [6.07, 6.45) is 1.89. The van der Waals surface area contributed by atoms with Gasteiger partial charge < -0.3 is 20.5 Å². The van der Waals surface area contributed by atoms with E-state index in [1.807, 2.05) is 6.92 Å². The monoisotopic (exact) mass is 312 g/mol. The molecule has 1 aromatic carbocycles. The third kappa shape index (κ3) is 4.09. The van der Waals surface area contributed by atoms with Crippen LogP contribution in [0.5, 0.6) is 0 Å². The number of urea groups is 1. The minimum atomic E-state index is -1.14. The summed E-state index contributed by atoms with van der Waals surface area (Å²) in [5, 5.41) is 14.4. The molecule has 0 bridgehead atoms. The zero-order valence-electron chi connectivity index (χ0n) is 11.6. The van der Waals surface area contributed by atoms with Crippen LogP contribution in [0.2, 0.25) is 5.02 Å². The van der Waals surface area contributed by atoms with Crippen molar-refractivity contribution in [2.75, 3.05) is 18.5 Å². The van der Waals surface area contributed by atoms with E-state index >= 15 is 0 Å². The van der Waals surface area contributed by atoms with E-state index in [0.29, 0.717) is 18.8 Å². The predicted octanol–water partition coefficient (Wildman–Crippen LogP) is 2.73. The summed E-state index contributed by atoms with van der Waals surface area (Å²) in [7, 11) is 0. The van der Waals surface area contributed by atoms with Crippen molar-refractivity contribution in [3.63, 3.8) is 0 Å². The molecule has 0 saturated carbocycles. The molecular formula is C14H17ClN2O4. The Morgan fingerprint density at radius 1 is 1.48 bits per heavy atom. The zero-order chi connectivity index (χ0) is 15.5. The van der Waals surface area contributed by atoms with Gasteiger partial charge in [0, 0.05) is 18.8 Å². The Bertz CT molecular complexity index is 556. The number of halogens is 1. The number of hydrogen-bond donors (Lipinski definition) is 3. The quantitative estimate of drug-likeness (QED) is 0.797. The molecule has 0 spiro atoms. The molecule has 1 atom stereocenters. The molecule has 1 aliphatic heterocycles. The first-order valence-electron chi connectivity index (χ1n) is 6.61. The standard InChI is InChI=1S/C14H17ClN2O4/c1-14(5-2-6-21-14)8-16-13(20)17-9-3-4-11(15)10(7-9)12(18)19/h3-4,7H,2,5-6,8H2,1H3,(H,18,19)(H2,16,17,20). The van der Waals surface area contributed by atoms with Crippen LogP contribution in [0.1, 0.15) is 30.1 Å². The maximum Gasteiger partial charge on any atom is 0.337 e. The van der Waals surface area contributed by atoms with Crippen LogP contribution < -0.4 is 10.6 Å². The summed E-state index contributed by atoms with van der Waals surface area (Å²) in [6, 6.07) is 3.88. The number of ether oxygens (including phenoxy) is 1. The number of nitrogens with one attached hydrogen (secondary N) is 2. The van der Waals surface area contributed by atoms with E-state index in [2.05, 4.69) is 10.6 Å². The van der Waals surface area contributed by atoms with Gasteiger partial charge in [-0.1, -0.05) is 11.6 Å². The van der Waals surface area contributed by atoms with Crippen LogP contribution in [0.15, 0.2) is 18.2 Å². The highest BCUT2D eigenvalue weighted by molar-refractivity contribution is 6.33. The zero-order valence-corrected chi connectivity index (χ0v) is 12.4. The van der Waals surface area contributed by atoms with Crippen molar-refractivity contribution in [2.24, 2.45) is 0 Å². The third-order valence-corrected chi connectivity index (χ3v) is 3.71. The summed E-state index contributed by atoms with van der Waals surface area (Å²) in [4.78, 5) is 22.8. The third-order valence-electron chi connectivity index (χ3n) is 3.38. The molecule has 2 amide bonds. The van der Waals surface area contributed by atoms with E-state index in [4.69, 9.17) is 21.4 Å². The van der Waals surface area contributed by atoms with Crippen molar-refractivity contribution < 1.29 is 19.4 Å². The van der Waals surface area contributed by atoms with Crippen molar-refractivity contribution in [1.82, 2.24) is 5.32 Å². The van der Waals surface area contributed by atoms with E-state index in [1.54, 1.807) is 6.07 Å². The minimum Gasteiger partial charge on any atom is -0.478 e. The number of benzene rings is 1. The SMILES string of the molecule is CC1(CNC(=O)Nc2ccc(Cl)c(C(=O)O)c2)CCCO1. The second kappa shape index (κ2) is 6.32. The fraction of sp³-hybridized carbons (Fsp3) is 0.429. The number of aromatic carboxylic acids is 1. The molecule has 2 rings (SSSR count). The van der Waals surface area contributed by atoms with Crippen LogP contribution in [-0.4, -0.2) is 35.9 Å². The van der Waals surface area contributed by atoms with Gasteiger partial charge in [-0.25, -0.2) is 9.59 Å². The van der Waals surface area contributed by atoms with Gasteiger partial charge in [0.15, 0.2) is 0 Å². The molecule has 0 radical (unpaired) electrons. The van der Waals surface area contributed by atoms with Gasteiger partial charge in [-0.15, -0.1) is 0 Å². The van der Waals surface area contributed by atoms with Crippen LogP contribution in [-0.2, 0) is 4.74 Å². The number of rotatable bonds is 4. The van der Waals surface area contributed by atoms with Crippen molar-refractivity contribution in [3.8, 4) is 0 Å². The molecule has 3 N–H and O–H groups in total. The Labute approximate surface area is 127 Å². The Kier molecular flexibility index (Phi) is 4.69. The van der Waals surface area contributed by atoms with Crippen LogP contribution >= 0.6 is 11.6 Å². The molecule has 1 saturated heterocycles. The topological polar surface area (TPSA) is 87.7 Å². The molecule has 1 aromatic rings. The minimum absolute atomic E-state index is 0.0550. The van der Waals surface area contributed by atoms with E-state index in [1.165, 1.54) is 12.1 Å². The van der Waals surface area contributed by atoms with Gasteiger partial charge >= 0.3 is 12.0 Å². The molecule has 114 valence electrons. The molecule has 6 nitrogen and oxygen atoms in total. The van der Waals surface area contributed by atoms with E-state index in [-0.39, 0.29) is 16.2 Å². The van der Waals surface area contributed by atoms with E-state index in [9.17, 15) is 9.59 Å². The number of carboxylic acids is 1. The first kappa shape index (κ1) is 15.6. The van der Waals surface area contributed by atoms with Crippen LogP contribution in [0.3, 0.4) is 0 Å². The fourth-order valence-electron chi connectivity index (χ4n) is 2.19. The molecule has 21 heavy (non-hydrogen) atoms. The van der Waals surface area contributed by atoms with Crippen LogP contribution in [0.4, 0.5) is 10.5 Å². The number of carbonyl (C=O) groups is 2. The van der Waals surface area contributed by atoms with Gasteiger partial charge in [-0.3, -0.25) is 0 Å². The summed E-state index contributed by atoms with van der Waals surface area (Å²) < 4.78 is 5.57. The van der Waals surface area contributed by atoms with Crippen molar-refractivity contribution in [3.05, 3.63) is 28.8 Å². The van der Waals surface area contributed by atoms with Gasteiger partial charge in [0.25, 0.3) is 0 Å². The summed E-state index contributed by atoms with van der Waals surface area (Å²) in [6.45, 7) is 3.06. The smallest absolute Gasteiger partial charge is 0.337 e. The van der Waals surface area contributed by atoms with Gasteiger partial charge in [-0.05, 0) is 38.0 Å². The normalized spacial score (nSPS) is 21.0. The number of amides is 2. The highest BCUT2D eigenvalue weighted by atomic mass is 35.5. The summed E-state index contributed by atoms with van der Waals surface area (Å²) in [5.41, 5.74) is -0.0174. The second-order valence-electron chi connectivity index (χ2n) is 5.21. The fourth-order valence-corrected chi connectivity index (χ4v) is 2.38.